The Hall–Kier alpha value is -0.160. The number of rotatable bonds is 0. The predicted molar refractivity (Wildman–Crippen MR) is 119 cm³/mol. The van der Waals surface area contributed by atoms with Crippen LogP contribution in [0.15, 0.2) is 0 Å². The molecule has 4 saturated carbocycles. The van der Waals surface area contributed by atoms with E-state index in [1.165, 1.54) is 38.5 Å². The number of ether oxygens (including phenoxy) is 2. The fourth-order valence-corrected chi connectivity index (χ4v) is 10.3. The number of fused-ring (bicyclic) bond motifs is 7. The molecule has 2 aliphatic heterocycles. The predicted octanol–water partition coefficient (Wildman–Crippen LogP) is 4.76. The molecule has 4 heteroatoms. The molecule has 2 heterocycles. The molecule has 7 unspecified atom stereocenters. The summed E-state index contributed by atoms with van der Waals surface area (Å²) in [5, 5.41) is 21.5. The van der Waals surface area contributed by atoms with Gasteiger partial charge in [0.1, 0.15) is 0 Å². The van der Waals surface area contributed by atoms with Crippen molar-refractivity contribution < 1.29 is 19.7 Å². The Morgan fingerprint density at radius 3 is 2.42 bits per heavy atom. The number of aliphatic hydroxyl groups is 2. The molecule has 6 aliphatic rings. The first kappa shape index (κ1) is 21.4. The molecule has 0 amide bonds. The van der Waals surface area contributed by atoms with Gasteiger partial charge in [-0.05, 0) is 97.7 Å². The summed E-state index contributed by atoms with van der Waals surface area (Å²) in [6.45, 7) is 10.5. The van der Waals surface area contributed by atoms with Gasteiger partial charge in [0.15, 0.2) is 5.79 Å². The molecule has 2 saturated heterocycles. The van der Waals surface area contributed by atoms with Crippen molar-refractivity contribution in [2.24, 2.45) is 52.3 Å². The van der Waals surface area contributed by atoms with E-state index in [4.69, 9.17) is 9.47 Å². The standard InChI is InChI=1S/C27H44O4/c1-15-7-10-27(30-14-15)16(2)24-22(31-27)13-21-19-6-5-17-11-18(28)12-23(29)26(17,4)20(19)8-9-25(21,24)3/h15-24,28-29H,5-14H2,1-4H3/t15?,16?,17-,18-,19-,20?,21?,22?,23-,24?,25+,26+,27?/m1/s1. The van der Waals surface area contributed by atoms with Crippen molar-refractivity contribution in [1.82, 2.24) is 0 Å². The Labute approximate surface area is 188 Å². The third kappa shape index (κ3) is 2.74. The maximum absolute atomic E-state index is 11.2. The zero-order valence-electron chi connectivity index (χ0n) is 20.1. The first-order chi connectivity index (χ1) is 14.7. The van der Waals surface area contributed by atoms with Gasteiger partial charge in [0.2, 0.25) is 0 Å². The highest BCUT2D eigenvalue weighted by molar-refractivity contribution is 5.16. The van der Waals surface area contributed by atoms with E-state index in [-0.39, 0.29) is 23.4 Å². The molecular formula is C27H44O4. The van der Waals surface area contributed by atoms with Crippen LogP contribution < -0.4 is 0 Å². The highest BCUT2D eigenvalue weighted by atomic mass is 16.7. The Balaban J connectivity index is 1.27. The maximum Gasteiger partial charge on any atom is 0.171 e. The van der Waals surface area contributed by atoms with E-state index in [1.807, 2.05) is 0 Å². The first-order valence-corrected chi connectivity index (χ1v) is 13.4. The van der Waals surface area contributed by atoms with Crippen molar-refractivity contribution in [2.75, 3.05) is 6.61 Å². The molecule has 0 aromatic heterocycles. The van der Waals surface area contributed by atoms with E-state index < -0.39 is 0 Å². The van der Waals surface area contributed by atoms with E-state index in [1.54, 1.807) is 0 Å². The summed E-state index contributed by atoms with van der Waals surface area (Å²) in [5.41, 5.74) is 0.320. The molecule has 0 aromatic rings. The Bertz CT molecular complexity index is 716. The van der Waals surface area contributed by atoms with Crippen LogP contribution >= 0.6 is 0 Å². The van der Waals surface area contributed by atoms with Crippen molar-refractivity contribution in [1.29, 1.82) is 0 Å². The number of aliphatic hydroxyl groups excluding tert-OH is 2. The second-order valence-corrected chi connectivity index (χ2v) is 13.2. The summed E-state index contributed by atoms with van der Waals surface area (Å²) in [4.78, 5) is 0. The van der Waals surface area contributed by atoms with E-state index in [2.05, 4.69) is 27.7 Å². The molecule has 1 spiro atoms. The minimum absolute atomic E-state index is 0.0164. The van der Waals surface area contributed by atoms with Crippen molar-refractivity contribution in [2.45, 2.75) is 110 Å². The minimum atomic E-state index is -0.351. The van der Waals surface area contributed by atoms with Gasteiger partial charge < -0.3 is 19.7 Å². The molecule has 0 bridgehead atoms. The number of hydrogen-bond acceptors (Lipinski definition) is 4. The van der Waals surface area contributed by atoms with Crippen LogP contribution in [0.4, 0.5) is 0 Å². The van der Waals surface area contributed by atoms with Crippen LogP contribution in [0.3, 0.4) is 0 Å². The van der Waals surface area contributed by atoms with E-state index in [0.717, 1.165) is 19.4 Å². The van der Waals surface area contributed by atoms with Gasteiger partial charge in [0, 0.05) is 12.3 Å². The Morgan fingerprint density at radius 1 is 0.871 bits per heavy atom. The van der Waals surface area contributed by atoms with Crippen LogP contribution in [0.2, 0.25) is 0 Å². The van der Waals surface area contributed by atoms with E-state index in [0.29, 0.717) is 59.4 Å². The molecule has 4 nitrogen and oxygen atoms in total. The van der Waals surface area contributed by atoms with Gasteiger partial charge in [-0.3, -0.25) is 0 Å². The lowest BCUT2D eigenvalue weighted by atomic mass is 9.43. The highest BCUT2D eigenvalue weighted by Gasteiger charge is 2.69. The fraction of sp³-hybridized carbons (Fsp3) is 1.00. The quantitative estimate of drug-likeness (QED) is 0.579. The number of hydrogen-bond donors (Lipinski definition) is 2. The van der Waals surface area contributed by atoms with Crippen LogP contribution in [0.25, 0.3) is 0 Å². The Kier molecular flexibility index (Phi) is 4.78. The molecule has 0 radical (unpaired) electrons. The molecule has 31 heavy (non-hydrogen) atoms. The normalized spacial score (nSPS) is 63.3. The summed E-state index contributed by atoms with van der Waals surface area (Å²) < 4.78 is 13.3. The van der Waals surface area contributed by atoms with Crippen molar-refractivity contribution in [3.05, 3.63) is 0 Å². The van der Waals surface area contributed by atoms with Crippen LogP contribution in [-0.2, 0) is 9.47 Å². The van der Waals surface area contributed by atoms with Gasteiger partial charge in [-0.1, -0.05) is 27.7 Å². The van der Waals surface area contributed by atoms with Gasteiger partial charge in [0.25, 0.3) is 0 Å². The van der Waals surface area contributed by atoms with Crippen LogP contribution in [0, 0.1) is 52.3 Å². The van der Waals surface area contributed by atoms with Gasteiger partial charge in [-0.2, -0.15) is 0 Å². The zero-order valence-corrected chi connectivity index (χ0v) is 20.1. The summed E-state index contributed by atoms with van der Waals surface area (Å²) >= 11 is 0. The van der Waals surface area contributed by atoms with Crippen molar-refractivity contribution in [3.8, 4) is 0 Å². The monoisotopic (exact) mass is 432 g/mol. The molecule has 176 valence electrons. The van der Waals surface area contributed by atoms with Crippen molar-refractivity contribution >= 4 is 0 Å². The topological polar surface area (TPSA) is 58.9 Å². The second kappa shape index (κ2) is 6.93. The third-order valence-electron chi connectivity index (χ3n) is 12.0. The van der Waals surface area contributed by atoms with Gasteiger partial charge in [-0.25, -0.2) is 0 Å². The minimum Gasteiger partial charge on any atom is -0.393 e. The lowest BCUT2D eigenvalue weighted by molar-refractivity contribution is -0.273. The molecule has 4 aliphatic carbocycles. The van der Waals surface area contributed by atoms with Crippen LogP contribution in [0.1, 0.15) is 85.5 Å². The summed E-state index contributed by atoms with van der Waals surface area (Å²) in [7, 11) is 0. The average Bonchev–Trinajstić information content (AvgIpc) is 3.16. The Morgan fingerprint density at radius 2 is 1.68 bits per heavy atom. The zero-order chi connectivity index (χ0) is 21.8. The van der Waals surface area contributed by atoms with Gasteiger partial charge in [-0.15, -0.1) is 0 Å². The molecule has 0 aromatic carbocycles. The second-order valence-electron chi connectivity index (χ2n) is 13.2. The maximum atomic E-state index is 11.2. The van der Waals surface area contributed by atoms with E-state index >= 15 is 0 Å². The van der Waals surface area contributed by atoms with Gasteiger partial charge >= 0.3 is 0 Å². The molecule has 6 fully saturated rings. The van der Waals surface area contributed by atoms with E-state index in [9.17, 15) is 10.2 Å². The highest BCUT2D eigenvalue weighted by Crippen LogP contribution is 2.71. The average molecular weight is 433 g/mol. The van der Waals surface area contributed by atoms with Crippen molar-refractivity contribution in [3.63, 3.8) is 0 Å². The van der Waals surface area contributed by atoms with Gasteiger partial charge in [0.05, 0.1) is 24.9 Å². The SMILES string of the molecule is CC1CCC2(OC1)OC1CC3[C@@H]4CC[C@@H]5C[C@@H](O)C[C@@H](O)[C@]5(C)C4CC[C@]3(C)C1C2C. The lowest BCUT2D eigenvalue weighted by Gasteiger charge is -2.62. The fourth-order valence-electron chi connectivity index (χ4n) is 10.3. The largest absolute Gasteiger partial charge is 0.393 e. The molecule has 6 rings (SSSR count). The summed E-state index contributed by atoms with van der Waals surface area (Å²) in [6.07, 6.45) is 9.56. The smallest absolute Gasteiger partial charge is 0.171 e. The molecule has 13 atom stereocenters. The van der Waals surface area contributed by atoms with Crippen LogP contribution in [0.5, 0.6) is 0 Å². The first-order valence-electron chi connectivity index (χ1n) is 13.4. The van der Waals surface area contributed by atoms with Crippen LogP contribution in [-0.4, -0.2) is 40.9 Å². The molecular weight excluding hydrogens is 388 g/mol. The molecule has 2 N–H and O–H groups in total. The summed E-state index contributed by atoms with van der Waals surface area (Å²) in [5.74, 6) is 3.89. The third-order valence-corrected chi connectivity index (χ3v) is 12.0. The summed E-state index contributed by atoms with van der Waals surface area (Å²) in [6, 6.07) is 0. The lowest BCUT2D eigenvalue weighted by Crippen LogP contribution is -2.59.